The summed E-state index contributed by atoms with van der Waals surface area (Å²) in [7, 11) is 0. The lowest BCUT2D eigenvalue weighted by molar-refractivity contribution is 0.0657. The predicted octanol–water partition coefficient (Wildman–Crippen LogP) is 4.06. The van der Waals surface area contributed by atoms with Crippen molar-refractivity contribution >= 4 is 0 Å². The molecule has 3 nitrogen and oxygen atoms in total. The molecule has 0 aliphatic carbocycles. The largest absolute Gasteiger partial charge is 0.468 e. The zero-order valence-corrected chi connectivity index (χ0v) is 12.4. The fraction of sp³-hybridized carbons (Fsp3) is 0.412. The standard InChI is InChI=1S/C17H23NO2/c1-13(2)20-12-16-8-6-15(7-9-16)11-18-14(3)17-5-4-10-19-17/h4-10,13-14,18H,11-12H2,1-3H3. The maximum atomic E-state index is 5.59. The Bertz CT molecular complexity index is 488. The van der Waals surface area contributed by atoms with Crippen molar-refractivity contribution in [3.05, 3.63) is 59.5 Å². The molecular formula is C17H23NO2. The summed E-state index contributed by atoms with van der Waals surface area (Å²) in [6, 6.07) is 12.6. The van der Waals surface area contributed by atoms with E-state index in [1.807, 2.05) is 26.0 Å². The Kier molecular flexibility index (Phi) is 5.39. The summed E-state index contributed by atoms with van der Waals surface area (Å²) in [5.41, 5.74) is 2.47. The predicted molar refractivity (Wildman–Crippen MR) is 80.3 cm³/mol. The zero-order chi connectivity index (χ0) is 14.4. The molecule has 0 aliphatic heterocycles. The molecule has 2 aromatic rings. The summed E-state index contributed by atoms with van der Waals surface area (Å²) < 4.78 is 11.0. The van der Waals surface area contributed by atoms with Crippen molar-refractivity contribution in [3.63, 3.8) is 0 Å². The van der Waals surface area contributed by atoms with Crippen molar-refractivity contribution in [2.24, 2.45) is 0 Å². The van der Waals surface area contributed by atoms with E-state index in [4.69, 9.17) is 9.15 Å². The topological polar surface area (TPSA) is 34.4 Å². The first-order valence-corrected chi connectivity index (χ1v) is 7.11. The lowest BCUT2D eigenvalue weighted by Crippen LogP contribution is -2.17. The number of ether oxygens (including phenoxy) is 1. The Morgan fingerprint density at radius 2 is 1.75 bits per heavy atom. The SMILES string of the molecule is CC(C)OCc1ccc(CNC(C)c2ccco2)cc1. The van der Waals surface area contributed by atoms with Crippen LogP contribution in [0.2, 0.25) is 0 Å². The minimum Gasteiger partial charge on any atom is -0.468 e. The van der Waals surface area contributed by atoms with Crippen LogP contribution in [0.3, 0.4) is 0 Å². The minimum absolute atomic E-state index is 0.217. The van der Waals surface area contributed by atoms with Crippen LogP contribution in [0.1, 0.15) is 43.7 Å². The summed E-state index contributed by atoms with van der Waals surface area (Å²) >= 11 is 0. The second kappa shape index (κ2) is 7.27. The summed E-state index contributed by atoms with van der Waals surface area (Å²) in [5, 5.41) is 3.45. The molecule has 0 saturated heterocycles. The Morgan fingerprint density at radius 3 is 2.35 bits per heavy atom. The summed E-state index contributed by atoms with van der Waals surface area (Å²) in [4.78, 5) is 0. The summed E-state index contributed by atoms with van der Waals surface area (Å²) in [6.07, 6.45) is 1.97. The van der Waals surface area contributed by atoms with Gasteiger partial charge < -0.3 is 14.5 Å². The number of nitrogens with one attached hydrogen (secondary N) is 1. The van der Waals surface area contributed by atoms with Gasteiger partial charge in [-0.1, -0.05) is 24.3 Å². The van der Waals surface area contributed by atoms with Crippen LogP contribution < -0.4 is 5.32 Å². The van der Waals surface area contributed by atoms with Crippen molar-refractivity contribution in [1.82, 2.24) is 5.32 Å². The first kappa shape index (κ1) is 14.8. The number of hydrogen-bond donors (Lipinski definition) is 1. The second-order valence-electron chi connectivity index (χ2n) is 5.29. The number of hydrogen-bond acceptors (Lipinski definition) is 3. The molecule has 1 aromatic heterocycles. The van der Waals surface area contributed by atoms with Gasteiger partial charge in [0.15, 0.2) is 0 Å². The average molecular weight is 273 g/mol. The van der Waals surface area contributed by atoms with Crippen LogP contribution in [0, 0.1) is 0 Å². The smallest absolute Gasteiger partial charge is 0.120 e. The van der Waals surface area contributed by atoms with Crippen LogP contribution in [-0.2, 0) is 17.9 Å². The van der Waals surface area contributed by atoms with Gasteiger partial charge in [-0.25, -0.2) is 0 Å². The summed E-state index contributed by atoms with van der Waals surface area (Å²) in [6.45, 7) is 7.70. The van der Waals surface area contributed by atoms with Gasteiger partial charge in [-0.2, -0.15) is 0 Å². The molecule has 1 N–H and O–H groups in total. The quantitative estimate of drug-likeness (QED) is 0.826. The maximum Gasteiger partial charge on any atom is 0.120 e. The van der Waals surface area contributed by atoms with Crippen LogP contribution in [0.25, 0.3) is 0 Å². The molecule has 1 atom stereocenters. The fourth-order valence-electron chi connectivity index (χ4n) is 1.93. The highest BCUT2D eigenvalue weighted by molar-refractivity contribution is 5.22. The van der Waals surface area contributed by atoms with E-state index in [0.29, 0.717) is 6.61 Å². The van der Waals surface area contributed by atoms with E-state index in [1.54, 1.807) is 6.26 Å². The number of furan rings is 1. The molecule has 0 amide bonds. The van der Waals surface area contributed by atoms with Crippen LogP contribution in [-0.4, -0.2) is 6.10 Å². The van der Waals surface area contributed by atoms with Crippen molar-refractivity contribution in [3.8, 4) is 0 Å². The highest BCUT2D eigenvalue weighted by Crippen LogP contribution is 2.13. The lowest BCUT2D eigenvalue weighted by Gasteiger charge is -2.12. The Morgan fingerprint density at radius 1 is 1.05 bits per heavy atom. The third-order valence-corrected chi connectivity index (χ3v) is 3.19. The van der Waals surface area contributed by atoms with Gasteiger partial charge in [0.25, 0.3) is 0 Å². The van der Waals surface area contributed by atoms with Gasteiger partial charge in [0.05, 0.1) is 25.0 Å². The van der Waals surface area contributed by atoms with Gasteiger partial charge in [0, 0.05) is 6.54 Å². The molecule has 20 heavy (non-hydrogen) atoms. The molecule has 0 aliphatic rings. The molecule has 0 bridgehead atoms. The summed E-state index contributed by atoms with van der Waals surface area (Å²) in [5.74, 6) is 0.965. The fourth-order valence-corrected chi connectivity index (χ4v) is 1.93. The molecule has 0 saturated carbocycles. The molecule has 1 unspecified atom stereocenters. The maximum absolute atomic E-state index is 5.59. The van der Waals surface area contributed by atoms with Gasteiger partial charge in [0.2, 0.25) is 0 Å². The van der Waals surface area contributed by atoms with Crippen molar-refractivity contribution in [2.45, 2.75) is 46.1 Å². The van der Waals surface area contributed by atoms with Crippen molar-refractivity contribution in [2.75, 3.05) is 0 Å². The van der Waals surface area contributed by atoms with E-state index in [2.05, 4.69) is 36.5 Å². The molecule has 1 heterocycles. The highest BCUT2D eigenvalue weighted by Gasteiger charge is 2.07. The Balaban J connectivity index is 1.81. The van der Waals surface area contributed by atoms with Crippen LogP contribution in [0.4, 0.5) is 0 Å². The molecule has 108 valence electrons. The normalized spacial score (nSPS) is 12.8. The lowest BCUT2D eigenvalue weighted by atomic mass is 10.1. The van der Waals surface area contributed by atoms with E-state index in [-0.39, 0.29) is 12.1 Å². The van der Waals surface area contributed by atoms with Crippen molar-refractivity contribution < 1.29 is 9.15 Å². The highest BCUT2D eigenvalue weighted by atomic mass is 16.5. The molecular weight excluding hydrogens is 250 g/mol. The van der Waals surface area contributed by atoms with Crippen molar-refractivity contribution in [1.29, 1.82) is 0 Å². The first-order valence-electron chi connectivity index (χ1n) is 7.11. The van der Waals surface area contributed by atoms with Gasteiger partial charge in [-0.3, -0.25) is 0 Å². The van der Waals surface area contributed by atoms with E-state index in [0.717, 1.165) is 12.3 Å². The Labute approximate surface area is 121 Å². The van der Waals surface area contributed by atoms with Gasteiger partial charge in [0.1, 0.15) is 5.76 Å². The van der Waals surface area contributed by atoms with E-state index in [9.17, 15) is 0 Å². The molecule has 0 fully saturated rings. The third kappa shape index (κ3) is 4.51. The molecule has 0 spiro atoms. The number of benzene rings is 1. The first-order chi connectivity index (χ1) is 9.65. The third-order valence-electron chi connectivity index (χ3n) is 3.19. The second-order valence-corrected chi connectivity index (χ2v) is 5.29. The van der Waals surface area contributed by atoms with Crippen LogP contribution in [0.5, 0.6) is 0 Å². The zero-order valence-electron chi connectivity index (χ0n) is 12.4. The number of rotatable bonds is 7. The molecule has 3 heteroatoms. The van der Waals surface area contributed by atoms with Crippen LogP contribution in [0.15, 0.2) is 47.1 Å². The van der Waals surface area contributed by atoms with Gasteiger partial charge >= 0.3 is 0 Å². The Hall–Kier alpha value is -1.58. The van der Waals surface area contributed by atoms with Crippen LogP contribution >= 0.6 is 0 Å². The van der Waals surface area contributed by atoms with E-state index >= 15 is 0 Å². The van der Waals surface area contributed by atoms with E-state index in [1.165, 1.54) is 11.1 Å². The molecule has 1 aromatic carbocycles. The van der Waals surface area contributed by atoms with Gasteiger partial charge in [-0.15, -0.1) is 0 Å². The average Bonchev–Trinajstić information content (AvgIpc) is 2.98. The molecule has 2 rings (SSSR count). The van der Waals surface area contributed by atoms with E-state index < -0.39 is 0 Å². The van der Waals surface area contributed by atoms with Gasteiger partial charge in [-0.05, 0) is 44.0 Å². The monoisotopic (exact) mass is 273 g/mol. The molecule has 0 radical (unpaired) electrons. The minimum atomic E-state index is 0.217.